The second-order valence-electron chi connectivity index (χ2n) is 9.38. The van der Waals surface area contributed by atoms with E-state index in [4.69, 9.17) is 4.74 Å². The molecule has 1 fully saturated rings. The van der Waals surface area contributed by atoms with Crippen LogP contribution < -0.4 is 10.1 Å². The fourth-order valence-corrected chi connectivity index (χ4v) is 4.50. The summed E-state index contributed by atoms with van der Waals surface area (Å²) in [6, 6.07) is 14.0. The first-order valence-electron chi connectivity index (χ1n) is 12.7. The minimum absolute atomic E-state index is 0.635. The summed E-state index contributed by atoms with van der Waals surface area (Å²) < 4.78 is 9.77. The Kier molecular flexibility index (Phi) is 6.92. The van der Waals surface area contributed by atoms with Gasteiger partial charge in [-0.2, -0.15) is 0 Å². The highest BCUT2D eigenvalue weighted by molar-refractivity contribution is 5.63. The van der Waals surface area contributed by atoms with Gasteiger partial charge >= 0.3 is 0 Å². The molecule has 194 valence electrons. The van der Waals surface area contributed by atoms with Gasteiger partial charge in [-0.1, -0.05) is 17.3 Å². The van der Waals surface area contributed by atoms with Gasteiger partial charge in [-0.25, -0.2) is 19.6 Å². The monoisotopic (exact) mass is 510 g/mol. The molecule has 4 aromatic heterocycles. The van der Waals surface area contributed by atoms with Crippen LogP contribution in [0.3, 0.4) is 0 Å². The Hall–Kier alpha value is -4.35. The predicted octanol–water partition coefficient (Wildman–Crippen LogP) is 2.61. The van der Waals surface area contributed by atoms with Crippen molar-refractivity contribution >= 4 is 11.5 Å². The van der Waals surface area contributed by atoms with E-state index >= 15 is 0 Å². The summed E-state index contributed by atoms with van der Waals surface area (Å²) in [4.78, 5) is 18.3. The third-order valence-corrected chi connectivity index (χ3v) is 6.78. The van der Waals surface area contributed by atoms with Crippen LogP contribution in [0.1, 0.15) is 5.56 Å². The van der Waals surface area contributed by atoms with Gasteiger partial charge in [0.05, 0.1) is 35.7 Å². The van der Waals surface area contributed by atoms with Gasteiger partial charge in [0, 0.05) is 57.6 Å². The van der Waals surface area contributed by atoms with Crippen LogP contribution in [0.5, 0.6) is 5.75 Å². The summed E-state index contributed by atoms with van der Waals surface area (Å²) in [5, 5.41) is 11.3. The lowest BCUT2D eigenvalue weighted by Crippen LogP contribution is -2.45. The topological polar surface area (TPSA) is 102 Å². The van der Waals surface area contributed by atoms with Gasteiger partial charge in [0.25, 0.3) is 0 Å². The van der Waals surface area contributed by atoms with Crippen LogP contribution in [-0.2, 0) is 6.54 Å². The zero-order valence-electron chi connectivity index (χ0n) is 21.3. The number of pyridine rings is 1. The first-order chi connectivity index (χ1) is 18.7. The largest absolute Gasteiger partial charge is 0.492 e. The van der Waals surface area contributed by atoms with Crippen LogP contribution in [-0.4, -0.2) is 90.5 Å². The van der Waals surface area contributed by atoms with Crippen molar-refractivity contribution in [1.29, 1.82) is 0 Å². The molecule has 1 N–H and O–H groups in total. The molecular formula is C27H30N10O. The van der Waals surface area contributed by atoms with Gasteiger partial charge in [-0.05, 0) is 30.8 Å². The molecule has 0 spiro atoms. The Morgan fingerprint density at radius 2 is 1.82 bits per heavy atom. The highest BCUT2D eigenvalue weighted by atomic mass is 16.5. The smallest absolute Gasteiger partial charge is 0.140 e. The molecule has 0 bridgehead atoms. The number of aromatic nitrogens is 7. The molecule has 0 aliphatic carbocycles. The lowest BCUT2D eigenvalue weighted by molar-refractivity contribution is 0.134. The van der Waals surface area contributed by atoms with E-state index < -0.39 is 0 Å². The lowest BCUT2D eigenvalue weighted by atomic mass is 10.2. The van der Waals surface area contributed by atoms with E-state index in [-0.39, 0.29) is 0 Å². The zero-order chi connectivity index (χ0) is 25.7. The summed E-state index contributed by atoms with van der Waals surface area (Å²) in [6.07, 6.45) is 8.86. The first-order valence-corrected chi connectivity index (χ1v) is 12.7. The Bertz CT molecular complexity index is 1470. The Balaban J connectivity index is 1.08. The number of nitrogens with one attached hydrogen (secondary N) is 1. The third-order valence-electron chi connectivity index (χ3n) is 6.78. The Labute approximate surface area is 220 Å². The van der Waals surface area contributed by atoms with Crippen LogP contribution in [0.15, 0.2) is 73.6 Å². The molecule has 1 aliphatic heterocycles. The Morgan fingerprint density at radius 3 is 2.63 bits per heavy atom. The van der Waals surface area contributed by atoms with Gasteiger partial charge < -0.3 is 15.0 Å². The number of ether oxygens (including phenoxy) is 1. The molecule has 0 atom stereocenters. The molecule has 1 aliphatic rings. The van der Waals surface area contributed by atoms with Gasteiger partial charge in [0.15, 0.2) is 0 Å². The van der Waals surface area contributed by atoms with Crippen LogP contribution in [0.4, 0.5) is 5.82 Å². The molecule has 1 aromatic carbocycles. The maximum Gasteiger partial charge on any atom is 0.140 e. The predicted molar refractivity (Wildman–Crippen MR) is 144 cm³/mol. The summed E-state index contributed by atoms with van der Waals surface area (Å²) in [7, 11) is 2.17. The van der Waals surface area contributed by atoms with E-state index in [1.54, 1.807) is 17.2 Å². The van der Waals surface area contributed by atoms with E-state index in [1.165, 1.54) is 0 Å². The van der Waals surface area contributed by atoms with Crippen LogP contribution in [0, 0.1) is 0 Å². The molecule has 6 rings (SSSR count). The average molecular weight is 511 g/mol. The van der Waals surface area contributed by atoms with Crippen LogP contribution >= 0.6 is 0 Å². The zero-order valence-corrected chi connectivity index (χ0v) is 21.3. The highest BCUT2D eigenvalue weighted by Gasteiger charge is 2.14. The number of fused-ring (bicyclic) bond motifs is 1. The number of imidazole rings is 1. The SMILES string of the molecule is CN1CCN(CCOc2ccn3c(-c4cc(NCc5ccc(-n6ccnn6)cc5)ncn4)cnc3c2)CC1. The number of benzene rings is 1. The molecule has 5 aromatic rings. The average Bonchev–Trinajstić information content (AvgIpc) is 3.64. The summed E-state index contributed by atoms with van der Waals surface area (Å²) in [5.74, 6) is 1.57. The second kappa shape index (κ2) is 11.0. The highest BCUT2D eigenvalue weighted by Crippen LogP contribution is 2.23. The van der Waals surface area contributed by atoms with Crippen molar-refractivity contribution in [2.75, 3.05) is 51.7 Å². The quantitative estimate of drug-likeness (QED) is 0.321. The summed E-state index contributed by atoms with van der Waals surface area (Å²) in [5.41, 5.74) is 4.60. The molecule has 1 saturated heterocycles. The minimum Gasteiger partial charge on any atom is -0.492 e. The number of rotatable bonds is 9. The van der Waals surface area contributed by atoms with E-state index in [2.05, 4.69) is 59.6 Å². The number of likely N-dealkylation sites (N-methyl/N-ethyl adjacent to an activating group) is 1. The third kappa shape index (κ3) is 5.48. The van der Waals surface area contributed by atoms with Crippen molar-refractivity contribution < 1.29 is 4.74 Å². The van der Waals surface area contributed by atoms with Crippen LogP contribution in [0.25, 0.3) is 22.7 Å². The molecule has 0 unspecified atom stereocenters. The van der Waals surface area contributed by atoms with Gasteiger partial charge in [-0.3, -0.25) is 9.30 Å². The summed E-state index contributed by atoms with van der Waals surface area (Å²) in [6.45, 7) is 6.64. The molecule has 0 amide bonds. The number of hydrogen-bond acceptors (Lipinski definition) is 9. The van der Waals surface area contributed by atoms with E-state index in [0.717, 1.165) is 72.6 Å². The number of piperazine rings is 1. The van der Waals surface area contributed by atoms with Crippen molar-refractivity contribution in [3.05, 3.63) is 79.1 Å². The molecule has 5 heterocycles. The van der Waals surface area contributed by atoms with E-state index in [1.807, 2.05) is 53.3 Å². The maximum atomic E-state index is 6.03. The molecule has 38 heavy (non-hydrogen) atoms. The molecule has 11 nitrogen and oxygen atoms in total. The Morgan fingerprint density at radius 1 is 0.947 bits per heavy atom. The van der Waals surface area contributed by atoms with Crippen molar-refractivity contribution in [1.82, 2.24) is 44.1 Å². The van der Waals surface area contributed by atoms with Crippen molar-refractivity contribution in [3.8, 4) is 22.8 Å². The molecular weight excluding hydrogens is 480 g/mol. The maximum absolute atomic E-state index is 6.03. The number of hydrogen-bond donors (Lipinski definition) is 1. The molecule has 11 heteroatoms. The fourth-order valence-electron chi connectivity index (χ4n) is 4.50. The second-order valence-corrected chi connectivity index (χ2v) is 9.38. The standard InChI is InChI=1S/C27H30N10O/c1-34-10-12-35(13-11-34)14-15-38-23-6-8-36-25(19-29-27(36)16-23)24-17-26(31-20-30-24)28-18-21-2-4-22(5-3-21)37-9-7-32-33-37/h2-9,16-17,19-20H,10-15,18H2,1H3,(H,28,30,31). The minimum atomic E-state index is 0.635. The van der Waals surface area contributed by atoms with Gasteiger partial charge in [-0.15, -0.1) is 5.10 Å². The normalized spacial score (nSPS) is 14.7. The van der Waals surface area contributed by atoms with Crippen molar-refractivity contribution in [2.24, 2.45) is 0 Å². The molecule has 0 saturated carbocycles. The number of anilines is 1. The van der Waals surface area contributed by atoms with Crippen molar-refractivity contribution in [2.45, 2.75) is 6.54 Å². The van der Waals surface area contributed by atoms with Crippen LogP contribution in [0.2, 0.25) is 0 Å². The molecule has 0 radical (unpaired) electrons. The van der Waals surface area contributed by atoms with Crippen molar-refractivity contribution in [3.63, 3.8) is 0 Å². The van der Waals surface area contributed by atoms with E-state index in [9.17, 15) is 0 Å². The van der Waals surface area contributed by atoms with E-state index in [0.29, 0.717) is 13.2 Å². The fraction of sp³-hybridized carbons (Fsp3) is 0.296. The number of nitrogens with zero attached hydrogens (tertiary/aromatic N) is 9. The summed E-state index contributed by atoms with van der Waals surface area (Å²) >= 11 is 0. The van der Waals surface area contributed by atoms with Gasteiger partial charge in [0.2, 0.25) is 0 Å². The first kappa shape index (κ1) is 24.0. The van der Waals surface area contributed by atoms with Gasteiger partial charge in [0.1, 0.15) is 30.1 Å². The lowest BCUT2D eigenvalue weighted by Gasteiger charge is -2.32.